The molecule has 1 aromatic carbocycles. The van der Waals surface area contributed by atoms with Gasteiger partial charge < -0.3 is 19.5 Å². The monoisotopic (exact) mass is 737 g/mol. The topological polar surface area (TPSA) is 76.1 Å². The van der Waals surface area contributed by atoms with Crippen LogP contribution >= 0.6 is 11.6 Å². The summed E-state index contributed by atoms with van der Waals surface area (Å²) in [7, 11) is 0. The Morgan fingerprint density at radius 1 is 0.904 bits per heavy atom. The molecule has 52 heavy (non-hydrogen) atoms. The van der Waals surface area contributed by atoms with Gasteiger partial charge in [0.25, 0.3) is 0 Å². The van der Waals surface area contributed by atoms with E-state index in [0.29, 0.717) is 35.2 Å². The van der Waals surface area contributed by atoms with Gasteiger partial charge in [-0.1, -0.05) is 83.3 Å². The molecule has 4 saturated carbocycles. The predicted molar refractivity (Wildman–Crippen MR) is 209 cm³/mol. The van der Waals surface area contributed by atoms with Crippen LogP contribution in [0.25, 0.3) is 0 Å². The highest BCUT2D eigenvalue weighted by atomic mass is 35.5. The smallest absolute Gasteiger partial charge is 0.410 e. The highest BCUT2D eigenvalue weighted by molar-refractivity contribution is 6.30. The summed E-state index contributed by atoms with van der Waals surface area (Å²) in [4.78, 5) is 27.6. The molecule has 290 valence electrons. The Hall–Kier alpha value is -2.05. The molecule has 1 aromatic rings. The molecule has 0 bridgehead atoms. The number of carbonyl (C=O) groups excluding carboxylic acids is 2. The average molecular weight is 738 g/mol. The van der Waals surface area contributed by atoms with Gasteiger partial charge in [-0.15, -0.1) is 0 Å². The van der Waals surface area contributed by atoms with Gasteiger partial charge in [0.1, 0.15) is 11.7 Å². The predicted octanol–water partition coefficient (Wildman–Crippen LogP) is 11.2. The van der Waals surface area contributed by atoms with E-state index >= 15 is 0 Å². The van der Waals surface area contributed by atoms with Gasteiger partial charge in [0.05, 0.1) is 12.6 Å². The van der Waals surface area contributed by atoms with Crippen molar-refractivity contribution in [1.82, 2.24) is 4.90 Å². The van der Waals surface area contributed by atoms with Crippen LogP contribution in [-0.4, -0.2) is 46.4 Å². The maximum Gasteiger partial charge on any atom is 0.410 e. The molecule has 5 aliphatic carbocycles. The second kappa shape index (κ2) is 13.6. The third-order valence-electron chi connectivity index (χ3n) is 15.9. The number of esters is 1. The van der Waals surface area contributed by atoms with Crippen molar-refractivity contribution >= 4 is 23.7 Å². The Bertz CT molecular complexity index is 1560. The standard InChI is InChI=1S/C45H68ClNO5/c1-28(2)32-18-23-45(36(49)27-47(39(50)52-40(4,5)6)26-30-12-14-31(46)15-13-30)25-24-43(10)33(38(32)45)16-17-35-42(9)21-20-37(51-29(3)48)41(7,8)34(42)19-22-44(35,43)11/h12-15,28,33-37,49H,16-27H2,1-11H3/t33-,34+,35-,36?,37+,42+,43-,44-,45-/m1/s1. The van der Waals surface area contributed by atoms with E-state index in [1.54, 1.807) is 23.0 Å². The fourth-order valence-corrected chi connectivity index (χ4v) is 13.5. The lowest BCUT2D eigenvalue weighted by Gasteiger charge is -2.72. The van der Waals surface area contributed by atoms with Crippen molar-refractivity contribution in [3.05, 3.63) is 46.0 Å². The van der Waals surface area contributed by atoms with Crippen LogP contribution in [0, 0.1) is 50.7 Å². The number of aliphatic hydroxyl groups excluding tert-OH is 1. The van der Waals surface area contributed by atoms with Gasteiger partial charge in [-0.3, -0.25) is 4.79 Å². The number of nitrogens with zero attached hydrogens (tertiary/aromatic N) is 1. The molecule has 0 heterocycles. The van der Waals surface area contributed by atoms with Gasteiger partial charge in [-0.25, -0.2) is 4.79 Å². The van der Waals surface area contributed by atoms with E-state index in [-0.39, 0.29) is 45.7 Å². The van der Waals surface area contributed by atoms with E-state index < -0.39 is 17.8 Å². The van der Waals surface area contributed by atoms with Crippen molar-refractivity contribution in [2.24, 2.45) is 50.7 Å². The number of hydrogen-bond acceptors (Lipinski definition) is 5. The zero-order valence-electron chi connectivity index (χ0n) is 34.2. The first kappa shape index (κ1) is 39.6. The molecule has 0 saturated heterocycles. The number of hydrogen-bond donors (Lipinski definition) is 1. The van der Waals surface area contributed by atoms with Crippen molar-refractivity contribution in [3.63, 3.8) is 0 Å². The molecule has 0 aromatic heterocycles. The van der Waals surface area contributed by atoms with Crippen LogP contribution in [0.3, 0.4) is 0 Å². The zero-order valence-corrected chi connectivity index (χ0v) is 34.9. The molecular weight excluding hydrogens is 670 g/mol. The number of amides is 1. The lowest BCUT2D eigenvalue weighted by Crippen LogP contribution is -2.66. The molecule has 5 aliphatic rings. The van der Waals surface area contributed by atoms with Gasteiger partial charge in [0.15, 0.2) is 0 Å². The van der Waals surface area contributed by atoms with Crippen LogP contribution < -0.4 is 0 Å². The van der Waals surface area contributed by atoms with Gasteiger partial charge in [-0.05, 0) is 143 Å². The van der Waals surface area contributed by atoms with Crippen LogP contribution in [0.2, 0.25) is 5.02 Å². The number of fused-ring (bicyclic) bond motifs is 7. The molecule has 1 amide bonds. The lowest BCUT2D eigenvalue weighted by atomic mass is 9.33. The van der Waals surface area contributed by atoms with Crippen LogP contribution in [0.15, 0.2) is 35.4 Å². The minimum absolute atomic E-state index is 0.0201. The quantitative estimate of drug-likeness (QED) is 0.223. The van der Waals surface area contributed by atoms with Crippen LogP contribution in [0.5, 0.6) is 0 Å². The van der Waals surface area contributed by atoms with E-state index in [1.807, 2.05) is 45.0 Å². The van der Waals surface area contributed by atoms with E-state index in [2.05, 4.69) is 48.5 Å². The zero-order chi connectivity index (χ0) is 38.2. The normalized spacial score (nSPS) is 37.3. The third-order valence-corrected chi connectivity index (χ3v) is 16.2. The van der Waals surface area contributed by atoms with Crippen molar-refractivity contribution in [2.45, 2.75) is 165 Å². The van der Waals surface area contributed by atoms with Crippen molar-refractivity contribution < 1.29 is 24.2 Å². The molecule has 0 radical (unpaired) electrons. The summed E-state index contributed by atoms with van der Waals surface area (Å²) in [5.41, 5.74) is 3.47. The van der Waals surface area contributed by atoms with E-state index in [1.165, 1.54) is 12.8 Å². The number of halogens is 1. The highest BCUT2D eigenvalue weighted by Crippen LogP contribution is 2.77. The maximum absolute atomic E-state index is 13.8. The molecule has 1 unspecified atom stereocenters. The number of benzene rings is 1. The van der Waals surface area contributed by atoms with Crippen molar-refractivity contribution in [3.8, 4) is 0 Å². The summed E-state index contributed by atoms with van der Waals surface area (Å²) in [5.74, 6) is 1.78. The summed E-state index contributed by atoms with van der Waals surface area (Å²) in [5, 5.41) is 13.3. The fraction of sp³-hybridized carbons (Fsp3) is 0.778. The van der Waals surface area contributed by atoms with Gasteiger partial charge in [0, 0.05) is 29.3 Å². The summed E-state index contributed by atoms with van der Waals surface area (Å²) >= 11 is 6.21. The van der Waals surface area contributed by atoms with E-state index in [4.69, 9.17) is 21.1 Å². The molecular formula is C45H68ClNO5. The number of allylic oxidation sites excluding steroid dienone is 1. The van der Waals surface area contributed by atoms with Crippen LogP contribution in [-0.2, 0) is 20.8 Å². The van der Waals surface area contributed by atoms with E-state index in [0.717, 1.165) is 56.9 Å². The number of aliphatic hydroxyl groups is 1. The molecule has 6 nitrogen and oxygen atoms in total. The second-order valence-corrected chi connectivity index (χ2v) is 20.8. The minimum atomic E-state index is -0.695. The Balaban J connectivity index is 1.33. The molecule has 9 atom stereocenters. The van der Waals surface area contributed by atoms with Gasteiger partial charge in [-0.2, -0.15) is 0 Å². The minimum Gasteiger partial charge on any atom is -0.462 e. The van der Waals surface area contributed by atoms with E-state index in [9.17, 15) is 14.7 Å². The molecule has 7 heteroatoms. The Labute approximate surface area is 319 Å². The summed E-state index contributed by atoms with van der Waals surface area (Å²) in [6.07, 6.45) is 9.62. The van der Waals surface area contributed by atoms with Crippen LogP contribution in [0.1, 0.15) is 146 Å². The number of rotatable bonds is 7. The third kappa shape index (κ3) is 6.46. The first-order chi connectivity index (χ1) is 24.1. The first-order valence-electron chi connectivity index (χ1n) is 20.4. The Kier molecular flexibility index (Phi) is 10.4. The Morgan fingerprint density at radius 2 is 1.58 bits per heavy atom. The molecule has 6 rings (SSSR count). The number of ether oxygens (including phenoxy) is 2. The first-order valence-corrected chi connectivity index (χ1v) is 20.8. The largest absolute Gasteiger partial charge is 0.462 e. The molecule has 0 spiro atoms. The average Bonchev–Trinajstić information content (AvgIpc) is 3.44. The summed E-state index contributed by atoms with van der Waals surface area (Å²) in [6.45, 7) is 25.1. The van der Waals surface area contributed by atoms with Crippen LogP contribution in [0.4, 0.5) is 4.79 Å². The Morgan fingerprint density at radius 3 is 2.19 bits per heavy atom. The molecule has 1 N–H and O–H groups in total. The van der Waals surface area contributed by atoms with Gasteiger partial charge in [0.2, 0.25) is 0 Å². The molecule has 4 fully saturated rings. The maximum atomic E-state index is 13.8. The lowest BCUT2D eigenvalue weighted by molar-refractivity contribution is -0.234. The highest BCUT2D eigenvalue weighted by Gasteiger charge is 2.70. The van der Waals surface area contributed by atoms with Gasteiger partial charge >= 0.3 is 12.1 Å². The van der Waals surface area contributed by atoms with Crippen molar-refractivity contribution in [2.75, 3.05) is 6.54 Å². The molecule has 0 aliphatic heterocycles. The summed E-state index contributed by atoms with van der Waals surface area (Å²) < 4.78 is 11.9. The fourth-order valence-electron chi connectivity index (χ4n) is 13.3. The SMILES string of the molecule is CC(=O)O[C@H]1CC[C@]2(C)[C@H]3CC[C@@H]4C5=C(C(C)C)CC[C@]5(C(O)CN(Cc5ccc(Cl)cc5)C(=O)OC(C)(C)C)CC[C@@]4(C)[C@]3(C)CC[C@H]2C1(C)C. The summed E-state index contributed by atoms with van der Waals surface area (Å²) in [6, 6.07) is 7.61. The van der Waals surface area contributed by atoms with Crippen molar-refractivity contribution in [1.29, 1.82) is 0 Å². The second-order valence-electron chi connectivity index (χ2n) is 20.3. The number of carbonyl (C=O) groups is 2.